The molecule has 0 aliphatic carbocycles. The zero-order valence-corrected chi connectivity index (χ0v) is 13.3. The second-order valence-corrected chi connectivity index (χ2v) is 5.52. The molecule has 0 fully saturated rings. The van der Waals surface area contributed by atoms with Gasteiger partial charge in [0.05, 0.1) is 12.1 Å². The molecule has 7 heteroatoms. The standard InChI is InChI=1S/C18H15F3N2O2/c1-10-12(13-8-11(19)6-7-14(13)22-10)9-17(24)23-15-4-2-3-5-16(15)25-18(20)21/h2-8,18,22H,9H2,1H3,(H,23,24). The summed E-state index contributed by atoms with van der Waals surface area (Å²) in [6.07, 6.45) is -0.0295. The largest absolute Gasteiger partial charge is 0.433 e. The number of benzene rings is 2. The van der Waals surface area contributed by atoms with Crippen LogP contribution in [0.2, 0.25) is 0 Å². The second-order valence-electron chi connectivity index (χ2n) is 5.52. The van der Waals surface area contributed by atoms with Crippen molar-refractivity contribution in [3.63, 3.8) is 0 Å². The molecule has 0 bridgehead atoms. The number of para-hydroxylation sites is 2. The number of alkyl halides is 2. The van der Waals surface area contributed by atoms with Crippen molar-refractivity contribution in [2.24, 2.45) is 0 Å². The summed E-state index contributed by atoms with van der Waals surface area (Å²) in [5.74, 6) is -0.935. The van der Waals surface area contributed by atoms with Crippen LogP contribution < -0.4 is 10.1 Å². The Morgan fingerprint density at radius 2 is 2.00 bits per heavy atom. The number of aryl methyl sites for hydroxylation is 1. The van der Waals surface area contributed by atoms with Crippen molar-refractivity contribution in [1.29, 1.82) is 0 Å². The Bertz CT molecular complexity index is 922. The van der Waals surface area contributed by atoms with Crippen molar-refractivity contribution in [3.05, 3.63) is 59.5 Å². The van der Waals surface area contributed by atoms with Gasteiger partial charge in [0.2, 0.25) is 5.91 Å². The lowest BCUT2D eigenvalue weighted by Crippen LogP contribution is -2.16. The van der Waals surface area contributed by atoms with Crippen molar-refractivity contribution in [3.8, 4) is 5.75 Å². The van der Waals surface area contributed by atoms with E-state index in [4.69, 9.17) is 0 Å². The highest BCUT2D eigenvalue weighted by Gasteiger charge is 2.15. The second kappa shape index (κ2) is 6.88. The highest BCUT2D eigenvalue weighted by molar-refractivity contribution is 5.97. The number of hydrogen-bond donors (Lipinski definition) is 2. The van der Waals surface area contributed by atoms with Gasteiger partial charge in [-0.15, -0.1) is 0 Å². The smallest absolute Gasteiger partial charge is 0.387 e. The molecule has 130 valence electrons. The van der Waals surface area contributed by atoms with E-state index in [0.717, 1.165) is 11.2 Å². The number of H-pyrrole nitrogens is 1. The van der Waals surface area contributed by atoms with Gasteiger partial charge in [0, 0.05) is 16.6 Å². The number of ether oxygens (including phenoxy) is 1. The van der Waals surface area contributed by atoms with Crippen LogP contribution >= 0.6 is 0 Å². The maximum absolute atomic E-state index is 13.5. The zero-order chi connectivity index (χ0) is 18.0. The average molecular weight is 348 g/mol. The third-order valence-corrected chi connectivity index (χ3v) is 3.80. The van der Waals surface area contributed by atoms with E-state index in [-0.39, 0.29) is 17.9 Å². The van der Waals surface area contributed by atoms with Gasteiger partial charge in [0.15, 0.2) is 0 Å². The molecule has 1 heterocycles. The van der Waals surface area contributed by atoms with E-state index in [0.29, 0.717) is 10.9 Å². The van der Waals surface area contributed by atoms with Gasteiger partial charge in [-0.25, -0.2) is 4.39 Å². The van der Waals surface area contributed by atoms with E-state index < -0.39 is 18.3 Å². The Labute approximate surface area is 141 Å². The number of fused-ring (bicyclic) bond motifs is 1. The summed E-state index contributed by atoms with van der Waals surface area (Å²) in [5.41, 5.74) is 2.27. The van der Waals surface area contributed by atoms with Crippen molar-refractivity contribution in [1.82, 2.24) is 4.98 Å². The molecule has 0 atom stereocenters. The molecule has 0 unspecified atom stereocenters. The summed E-state index contributed by atoms with van der Waals surface area (Å²) in [6.45, 7) is -1.20. The highest BCUT2D eigenvalue weighted by atomic mass is 19.3. The third kappa shape index (κ3) is 3.76. The third-order valence-electron chi connectivity index (χ3n) is 3.80. The first kappa shape index (κ1) is 16.9. The van der Waals surface area contributed by atoms with Gasteiger partial charge in [-0.1, -0.05) is 12.1 Å². The van der Waals surface area contributed by atoms with E-state index in [1.54, 1.807) is 19.1 Å². The summed E-state index contributed by atoms with van der Waals surface area (Å²) in [4.78, 5) is 15.4. The number of hydrogen-bond acceptors (Lipinski definition) is 2. The molecule has 0 spiro atoms. The van der Waals surface area contributed by atoms with Crippen LogP contribution in [0.4, 0.5) is 18.9 Å². The zero-order valence-electron chi connectivity index (χ0n) is 13.3. The van der Waals surface area contributed by atoms with Crippen molar-refractivity contribution in [2.75, 3.05) is 5.32 Å². The number of carbonyl (C=O) groups is 1. The molecule has 1 amide bonds. The number of rotatable bonds is 5. The molecule has 3 aromatic rings. The number of aromatic amines is 1. The molecule has 2 aromatic carbocycles. The Kier molecular flexibility index (Phi) is 4.65. The van der Waals surface area contributed by atoms with Gasteiger partial charge in [0.1, 0.15) is 11.6 Å². The summed E-state index contributed by atoms with van der Waals surface area (Å²) in [7, 11) is 0. The normalized spacial score (nSPS) is 11.1. The van der Waals surface area contributed by atoms with Crippen molar-refractivity contribution < 1.29 is 22.7 Å². The maximum atomic E-state index is 13.5. The minimum Gasteiger partial charge on any atom is -0.433 e. The van der Waals surface area contributed by atoms with E-state index in [1.165, 1.54) is 30.3 Å². The van der Waals surface area contributed by atoms with Gasteiger partial charge in [-0.3, -0.25) is 4.79 Å². The predicted octanol–water partition coefficient (Wildman–Crippen LogP) is 4.40. The Hall–Kier alpha value is -2.96. The van der Waals surface area contributed by atoms with E-state index in [1.807, 2.05) is 0 Å². The molecule has 3 rings (SSSR count). The molecule has 2 N–H and O–H groups in total. The number of nitrogens with one attached hydrogen (secondary N) is 2. The molecular weight excluding hydrogens is 333 g/mol. The molecule has 0 saturated carbocycles. The van der Waals surface area contributed by atoms with Gasteiger partial charge < -0.3 is 15.0 Å². The summed E-state index contributed by atoms with van der Waals surface area (Å²) >= 11 is 0. The Balaban J connectivity index is 1.82. The predicted molar refractivity (Wildman–Crippen MR) is 88.4 cm³/mol. The Morgan fingerprint density at radius 1 is 1.24 bits per heavy atom. The number of aromatic nitrogens is 1. The van der Waals surface area contributed by atoms with Crippen LogP contribution in [-0.4, -0.2) is 17.5 Å². The first-order valence-electron chi connectivity index (χ1n) is 7.54. The lowest BCUT2D eigenvalue weighted by molar-refractivity contribution is -0.115. The Morgan fingerprint density at radius 3 is 2.76 bits per heavy atom. The molecule has 4 nitrogen and oxygen atoms in total. The van der Waals surface area contributed by atoms with Gasteiger partial charge >= 0.3 is 6.61 Å². The van der Waals surface area contributed by atoms with E-state index in [9.17, 15) is 18.0 Å². The monoisotopic (exact) mass is 348 g/mol. The van der Waals surface area contributed by atoms with Gasteiger partial charge in [0.25, 0.3) is 0 Å². The first-order chi connectivity index (χ1) is 11.9. The van der Waals surface area contributed by atoms with Gasteiger partial charge in [-0.05, 0) is 42.8 Å². The molecule has 0 aliphatic rings. The fraction of sp³-hybridized carbons (Fsp3) is 0.167. The highest BCUT2D eigenvalue weighted by Crippen LogP contribution is 2.27. The van der Waals surface area contributed by atoms with Gasteiger partial charge in [-0.2, -0.15) is 8.78 Å². The van der Waals surface area contributed by atoms with Crippen LogP contribution in [0.3, 0.4) is 0 Å². The number of halogens is 3. The summed E-state index contributed by atoms with van der Waals surface area (Å²) in [5, 5.41) is 3.17. The fourth-order valence-corrected chi connectivity index (χ4v) is 2.71. The van der Waals surface area contributed by atoms with Crippen LogP contribution in [0.25, 0.3) is 10.9 Å². The van der Waals surface area contributed by atoms with Crippen molar-refractivity contribution in [2.45, 2.75) is 20.0 Å². The molecule has 25 heavy (non-hydrogen) atoms. The number of anilines is 1. The lowest BCUT2D eigenvalue weighted by Gasteiger charge is -2.11. The molecular formula is C18H15F3N2O2. The van der Waals surface area contributed by atoms with Crippen molar-refractivity contribution >= 4 is 22.5 Å². The minimum atomic E-state index is -2.99. The molecule has 0 aliphatic heterocycles. The van der Waals surface area contributed by atoms with Crippen LogP contribution in [0.15, 0.2) is 42.5 Å². The quantitative estimate of drug-likeness (QED) is 0.718. The van der Waals surface area contributed by atoms with E-state index in [2.05, 4.69) is 15.0 Å². The fourth-order valence-electron chi connectivity index (χ4n) is 2.71. The maximum Gasteiger partial charge on any atom is 0.387 e. The van der Waals surface area contributed by atoms with Crippen LogP contribution in [0, 0.1) is 12.7 Å². The summed E-state index contributed by atoms with van der Waals surface area (Å²) < 4.78 is 42.7. The number of carbonyl (C=O) groups excluding carboxylic acids is 1. The van der Waals surface area contributed by atoms with E-state index >= 15 is 0 Å². The summed E-state index contributed by atoms with van der Waals surface area (Å²) in [6, 6.07) is 10.2. The average Bonchev–Trinajstić information content (AvgIpc) is 2.84. The lowest BCUT2D eigenvalue weighted by atomic mass is 10.1. The molecule has 0 radical (unpaired) electrons. The topological polar surface area (TPSA) is 54.1 Å². The minimum absolute atomic E-state index is 0.0295. The van der Waals surface area contributed by atoms with Crippen LogP contribution in [0.1, 0.15) is 11.3 Å². The SMILES string of the molecule is Cc1[nH]c2ccc(F)cc2c1CC(=O)Nc1ccccc1OC(F)F. The van der Waals surface area contributed by atoms with Crippen LogP contribution in [0.5, 0.6) is 5.75 Å². The molecule has 1 aromatic heterocycles. The van der Waals surface area contributed by atoms with Crippen LogP contribution in [-0.2, 0) is 11.2 Å². The number of amides is 1. The first-order valence-corrected chi connectivity index (χ1v) is 7.54. The molecule has 0 saturated heterocycles.